The smallest absolute Gasteiger partial charge is 0.161 e. The number of benzene rings is 1. The largest absolute Gasteiger partial charge is 0.486 e. The molecule has 1 aliphatic heterocycles. The van der Waals surface area contributed by atoms with E-state index < -0.39 is 5.60 Å². The zero-order valence-corrected chi connectivity index (χ0v) is 8.40. The van der Waals surface area contributed by atoms with Crippen LogP contribution in [-0.2, 0) is 10.4 Å². The molecular weight excluding hydrogens is 196 g/mol. The highest BCUT2D eigenvalue weighted by Crippen LogP contribution is 2.33. The number of fused-ring (bicyclic) bond motifs is 1. The van der Waals surface area contributed by atoms with Crippen molar-refractivity contribution in [2.75, 3.05) is 13.2 Å². The number of hydrogen-bond donors (Lipinski definition) is 1. The Balaban J connectivity index is 2.40. The van der Waals surface area contributed by atoms with Crippen LogP contribution in [0.25, 0.3) is 0 Å². The van der Waals surface area contributed by atoms with Crippen LogP contribution in [-0.4, -0.2) is 24.6 Å². The zero-order chi connectivity index (χ0) is 10.9. The molecule has 0 saturated heterocycles. The molecule has 0 bridgehead atoms. The van der Waals surface area contributed by atoms with Gasteiger partial charge < -0.3 is 14.6 Å². The SMILES string of the molecule is CC(O)(C=O)c1ccc2c(c1)OCCO2. The van der Waals surface area contributed by atoms with Crippen molar-refractivity contribution in [1.82, 2.24) is 0 Å². The molecule has 0 saturated carbocycles. The first kappa shape index (κ1) is 9.98. The predicted molar refractivity (Wildman–Crippen MR) is 53.1 cm³/mol. The van der Waals surface area contributed by atoms with E-state index in [1.54, 1.807) is 18.2 Å². The number of hydrogen-bond acceptors (Lipinski definition) is 4. The third kappa shape index (κ3) is 1.80. The number of ether oxygens (including phenoxy) is 2. The number of aldehydes is 1. The molecule has 80 valence electrons. The van der Waals surface area contributed by atoms with E-state index in [0.717, 1.165) is 0 Å². The van der Waals surface area contributed by atoms with Gasteiger partial charge in [0.25, 0.3) is 0 Å². The average molecular weight is 208 g/mol. The molecule has 15 heavy (non-hydrogen) atoms. The third-order valence-corrected chi connectivity index (χ3v) is 2.36. The van der Waals surface area contributed by atoms with Gasteiger partial charge in [0.15, 0.2) is 17.8 Å². The molecule has 0 amide bonds. The van der Waals surface area contributed by atoms with Crippen molar-refractivity contribution in [2.45, 2.75) is 12.5 Å². The lowest BCUT2D eigenvalue weighted by molar-refractivity contribution is -0.123. The second kappa shape index (κ2) is 3.55. The van der Waals surface area contributed by atoms with Crippen molar-refractivity contribution in [3.63, 3.8) is 0 Å². The van der Waals surface area contributed by atoms with E-state index in [1.807, 2.05) is 0 Å². The van der Waals surface area contributed by atoms with Crippen molar-refractivity contribution in [1.29, 1.82) is 0 Å². The molecule has 1 atom stereocenters. The molecule has 0 aromatic heterocycles. The maximum atomic E-state index is 10.7. The van der Waals surface area contributed by atoms with E-state index in [9.17, 15) is 9.90 Å². The average Bonchev–Trinajstić information content (AvgIpc) is 2.28. The van der Waals surface area contributed by atoms with Crippen LogP contribution in [0.4, 0.5) is 0 Å². The summed E-state index contributed by atoms with van der Waals surface area (Å²) in [5.41, 5.74) is -0.975. The van der Waals surface area contributed by atoms with Crippen molar-refractivity contribution in [3.05, 3.63) is 23.8 Å². The van der Waals surface area contributed by atoms with Gasteiger partial charge in [0.05, 0.1) is 0 Å². The molecule has 1 unspecified atom stereocenters. The molecular formula is C11H12O4. The van der Waals surface area contributed by atoms with Crippen LogP contribution in [0.15, 0.2) is 18.2 Å². The van der Waals surface area contributed by atoms with Gasteiger partial charge in [-0.1, -0.05) is 6.07 Å². The molecule has 4 heteroatoms. The fourth-order valence-electron chi connectivity index (χ4n) is 1.43. The fraction of sp³-hybridized carbons (Fsp3) is 0.364. The van der Waals surface area contributed by atoms with Gasteiger partial charge in [-0.3, -0.25) is 4.79 Å². The van der Waals surface area contributed by atoms with Crippen molar-refractivity contribution in [3.8, 4) is 11.5 Å². The summed E-state index contributed by atoms with van der Waals surface area (Å²) in [5.74, 6) is 1.22. The summed E-state index contributed by atoms with van der Waals surface area (Å²) in [6.07, 6.45) is 0.498. The lowest BCUT2D eigenvalue weighted by atomic mass is 9.97. The van der Waals surface area contributed by atoms with E-state index in [0.29, 0.717) is 36.6 Å². The van der Waals surface area contributed by atoms with Gasteiger partial charge in [-0.05, 0) is 24.6 Å². The Morgan fingerprint density at radius 3 is 2.67 bits per heavy atom. The van der Waals surface area contributed by atoms with Crippen LogP contribution in [0.3, 0.4) is 0 Å². The molecule has 2 rings (SSSR count). The van der Waals surface area contributed by atoms with Crippen molar-refractivity contribution < 1.29 is 19.4 Å². The summed E-state index contributed by atoms with van der Waals surface area (Å²) in [6.45, 7) is 2.45. The lowest BCUT2D eigenvalue weighted by Crippen LogP contribution is -2.23. The summed E-state index contributed by atoms with van der Waals surface area (Å²) in [5, 5.41) is 9.73. The summed E-state index contributed by atoms with van der Waals surface area (Å²) < 4.78 is 10.7. The van der Waals surface area contributed by atoms with Gasteiger partial charge in [-0.25, -0.2) is 0 Å². The normalized spacial score (nSPS) is 18.0. The number of rotatable bonds is 2. The summed E-state index contributed by atoms with van der Waals surface area (Å²) >= 11 is 0. The highest BCUT2D eigenvalue weighted by Gasteiger charge is 2.24. The Kier molecular flexibility index (Phi) is 2.36. The molecule has 1 N–H and O–H groups in total. The fourth-order valence-corrected chi connectivity index (χ4v) is 1.43. The summed E-state index contributed by atoms with van der Waals surface area (Å²) in [4.78, 5) is 10.7. The molecule has 1 aromatic rings. The maximum Gasteiger partial charge on any atom is 0.161 e. The van der Waals surface area contributed by atoms with E-state index in [4.69, 9.17) is 9.47 Å². The molecule has 0 radical (unpaired) electrons. The van der Waals surface area contributed by atoms with E-state index >= 15 is 0 Å². The van der Waals surface area contributed by atoms with Gasteiger partial charge in [0, 0.05) is 0 Å². The van der Waals surface area contributed by atoms with Gasteiger partial charge in [-0.15, -0.1) is 0 Å². The second-order valence-corrected chi connectivity index (χ2v) is 3.62. The van der Waals surface area contributed by atoms with Crippen molar-refractivity contribution >= 4 is 6.29 Å². The molecule has 0 spiro atoms. The molecule has 4 nitrogen and oxygen atoms in total. The number of carbonyl (C=O) groups excluding carboxylic acids is 1. The minimum absolute atomic E-state index is 0.486. The highest BCUT2D eigenvalue weighted by molar-refractivity contribution is 5.66. The topological polar surface area (TPSA) is 55.8 Å². The summed E-state index contributed by atoms with van der Waals surface area (Å²) in [6, 6.07) is 4.98. The monoisotopic (exact) mass is 208 g/mol. The molecule has 0 fully saturated rings. The summed E-state index contributed by atoms with van der Waals surface area (Å²) in [7, 11) is 0. The Bertz CT molecular complexity index is 384. The van der Waals surface area contributed by atoms with Crippen LogP contribution < -0.4 is 9.47 Å². The first-order valence-corrected chi connectivity index (χ1v) is 4.72. The second-order valence-electron chi connectivity index (χ2n) is 3.62. The van der Waals surface area contributed by atoms with Crippen LogP contribution in [0.1, 0.15) is 12.5 Å². The van der Waals surface area contributed by atoms with E-state index in [-0.39, 0.29) is 0 Å². The van der Waals surface area contributed by atoms with Gasteiger partial charge in [-0.2, -0.15) is 0 Å². The first-order valence-electron chi connectivity index (χ1n) is 4.72. The maximum absolute atomic E-state index is 10.7. The highest BCUT2D eigenvalue weighted by atomic mass is 16.6. The molecule has 0 aliphatic carbocycles. The quantitative estimate of drug-likeness (QED) is 0.732. The first-order chi connectivity index (χ1) is 7.13. The number of carbonyl (C=O) groups is 1. The minimum atomic E-state index is -1.48. The van der Waals surface area contributed by atoms with Crippen LogP contribution in [0.2, 0.25) is 0 Å². The van der Waals surface area contributed by atoms with Crippen LogP contribution >= 0.6 is 0 Å². The lowest BCUT2D eigenvalue weighted by Gasteiger charge is -2.22. The Hall–Kier alpha value is -1.55. The van der Waals surface area contributed by atoms with Gasteiger partial charge >= 0.3 is 0 Å². The Morgan fingerprint density at radius 2 is 2.00 bits per heavy atom. The predicted octanol–water partition coefficient (Wildman–Crippen LogP) is 0.864. The standard InChI is InChI=1S/C11H12O4/c1-11(13,7-12)8-2-3-9-10(6-8)15-5-4-14-9/h2-3,6-7,13H,4-5H2,1H3. The van der Waals surface area contributed by atoms with Crippen molar-refractivity contribution in [2.24, 2.45) is 0 Å². The minimum Gasteiger partial charge on any atom is -0.486 e. The van der Waals surface area contributed by atoms with E-state index in [2.05, 4.69) is 0 Å². The van der Waals surface area contributed by atoms with Gasteiger partial charge in [0.2, 0.25) is 0 Å². The zero-order valence-electron chi connectivity index (χ0n) is 8.40. The molecule has 1 aliphatic rings. The van der Waals surface area contributed by atoms with Crippen LogP contribution in [0, 0.1) is 0 Å². The third-order valence-electron chi connectivity index (χ3n) is 2.36. The molecule has 1 heterocycles. The Morgan fingerprint density at radius 1 is 1.33 bits per heavy atom. The van der Waals surface area contributed by atoms with E-state index in [1.165, 1.54) is 6.92 Å². The number of aliphatic hydroxyl groups is 1. The van der Waals surface area contributed by atoms with Gasteiger partial charge in [0.1, 0.15) is 18.8 Å². The van der Waals surface area contributed by atoms with Crippen LogP contribution in [0.5, 0.6) is 11.5 Å². The Labute approximate surface area is 87.4 Å². The molecule has 1 aromatic carbocycles.